The molecule has 0 amide bonds. The summed E-state index contributed by atoms with van der Waals surface area (Å²) >= 11 is 3.39. The molecule has 0 aromatic carbocycles. The number of aromatic nitrogens is 6. The molecule has 9 nitrogen and oxygen atoms in total. The first-order valence-corrected chi connectivity index (χ1v) is 17.5. The van der Waals surface area contributed by atoms with Crippen LogP contribution in [0.1, 0.15) is 24.6 Å². The molecule has 0 aliphatic carbocycles. The average Bonchev–Trinajstić information content (AvgIpc) is 3.66. The highest BCUT2D eigenvalue weighted by Crippen LogP contribution is 2.43. The van der Waals surface area contributed by atoms with Gasteiger partial charge >= 0.3 is 0 Å². The van der Waals surface area contributed by atoms with Crippen LogP contribution >= 0.6 is 15.9 Å². The van der Waals surface area contributed by atoms with E-state index in [0.29, 0.717) is 36.5 Å². The minimum Gasteiger partial charge on any atom is -0.361 e. The fourth-order valence-corrected chi connectivity index (χ4v) is 6.33. The van der Waals surface area contributed by atoms with Gasteiger partial charge in [0.1, 0.15) is 29.1 Å². The lowest BCUT2D eigenvalue weighted by molar-refractivity contribution is 0.0899. The van der Waals surface area contributed by atoms with Gasteiger partial charge in [0.2, 0.25) is 0 Å². The maximum Gasteiger partial charge on any atom is 0.145 e. The van der Waals surface area contributed by atoms with E-state index < -0.39 is 19.5 Å². The van der Waals surface area contributed by atoms with Crippen molar-refractivity contribution < 1.29 is 9.13 Å². The average molecular weight is 612 g/mol. The lowest BCUT2D eigenvalue weighted by atomic mass is 9.74. The molecule has 0 bridgehead atoms. The number of rotatable bonds is 10. The SMILES string of the molecule is C[Si](C)(C)CCOCn1ccc2c(-c3cnn([C@@H](CC#N)[C@]4(c5nc(Br)ccc5F)CCNC4)c3)ncnc21. The summed E-state index contributed by atoms with van der Waals surface area (Å²) in [4.78, 5) is 13.6. The second-order valence-corrected chi connectivity index (χ2v) is 17.7. The summed E-state index contributed by atoms with van der Waals surface area (Å²) in [5, 5.41) is 18.7. The number of pyridine rings is 1. The molecule has 2 atom stereocenters. The number of hydrogen-bond acceptors (Lipinski definition) is 7. The first kappa shape index (κ1) is 27.6. The number of fused-ring (bicyclic) bond motifs is 1. The third-order valence-corrected chi connectivity index (χ3v) is 9.52. The van der Waals surface area contributed by atoms with Crippen molar-refractivity contribution in [3.05, 3.63) is 59.2 Å². The van der Waals surface area contributed by atoms with E-state index in [9.17, 15) is 5.26 Å². The van der Waals surface area contributed by atoms with Gasteiger partial charge in [0.05, 0.1) is 41.5 Å². The fraction of sp³-hybridized carbons (Fsp3) is 0.444. The van der Waals surface area contributed by atoms with Gasteiger partial charge in [-0.2, -0.15) is 10.4 Å². The van der Waals surface area contributed by atoms with Crippen LogP contribution < -0.4 is 5.32 Å². The summed E-state index contributed by atoms with van der Waals surface area (Å²) in [6.07, 6.45) is 7.93. The van der Waals surface area contributed by atoms with Gasteiger partial charge in [-0.1, -0.05) is 19.6 Å². The monoisotopic (exact) mass is 610 g/mol. The van der Waals surface area contributed by atoms with Gasteiger partial charge in [0.25, 0.3) is 0 Å². The number of nitriles is 1. The number of hydrogen-bond donors (Lipinski definition) is 1. The predicted octanol–water partition coefficient (Wildman–Crippen LogP) is 5.29. The van der Waals surface area contributed by atoms with E-state index in [2.05, 4.69) is 67.0 Å². The van der Waals surface area contributed by atoms with Crippen molar-refractivity contribution in [2.75, 3.05) is 19.7 Å². The van der Waals surface area contributed by atoms with Gasteiger partial charge in [-0.15, -0.1) is 0 Å². The van der Waals surface area contributed by atoms with Gasteiger partial charge in [-0.25, -0.2) is 19.3 Å². The molecule has 1 fully saturated rings. The normalized spacial score (nSPS) is 18.5. The zero-order valence-corrected chi connectivity index (χ0v) is 24.9. The molecule has 5 rings (SSSR count). The number of ether oxygens (including phenoxy) is 1. The molecule has 1 aliphatic rings. The van der Waals surface area contributed by atoms with Crippen molar-refractivity contribution in [3.8, 4) is 17.3 Å². The lowest BCUT2D eigenvalue weighted by Gasteiger charge is -2.35. The van der Waals surface area contributed by atoms with E-state index >= 15 is 4.39 Å². The second-order valence-electron chi connectivity index (χ2n) is 11.2. The molecule has 1 N–H and O–H groups in total. The summed E-state index contributed by atoms with van der Waals surface area (Å²) < 4.78 is 25.4. The van der Waals surface area contributed by atoms with Crippen molar-refractivity contribution in [2.24, 2.45) is 0 Å². The molecule has 12 heteroatoms. The Morgan fingerprint density at radius 1 is 1.28 bits per heavy atom. The maximum atomic E-state index is 15.1. The summed E-state index contributed by atoms with van der Waals surface area (Å²) in [7, 11) is -1.16. The molecule has 1 aliphatic heterocycles. The highest BCUT2D eigenvalue weighted by molar-refractivity contribution is 9.10. The van der Waals surface area contributed by atoms with Crippen molar-refractivity contribution in [2.45, 2.75) is 56.7 Å². The third kappa shape index (κ3) is 5.67. The number of nitrogens with zero attached hydrogens (tertiary/aromatic N) is 7. The van der Waals surface area contributed by atoms with Crippen molar-refractivity contribution >= 4 is 35.0 Å². The van der Waals surface area contributed by atoms with Gasteiger partial charge < -0.3 is 14.6 Å². The molecule has 4 aromatic heterocycles. The van der Waals surface area contributed by atoms with Crippen LogP contribution in [0.3, 0.4) is 0 Å². The third-order valence-electron chi connectivity index (χ3n) is 7.37. The fourth-order valence-electron chi connectivity index (χ4n) is 5.26. The highest BCUT2D eigenvalue weighted by Gasteiger charge is 2.47. The van der Waals surface area contributed by atoms with E-state index in [1.807, 2.05) is 23.0 Å². The Morgan fingerprint density at radius 3 is 2.87 bits per heavy atom. The summed E-state index contributed by atoms with van der Waals surface area (Å²) in [5.74, 6) is -0.386. The van der Waals surface area contributed by atoms with Crippen LogP contribution in [-0.2, 0) is 16.9 Å². The predicted molar refractivity (Wildman–Crippen MR) is 153 cm³/mol. The molecular formula is C27H32BrFN8OSi. The van der Waals surface area contributed by atoms with Crippen molar-refractivity contribution in [1.82, 2.24) is 34.6 Å². The number of halogens is 2. The van der Waals surface area contributed by atoms with Crippen molar-refractivity contribution in [3.63, 3.8) is 0 Å². The van der Waals surface area contributed by atoms with Gasteiger partial charge in [0.15, 0.2) is 0 Å². The van der Waals surface area contributed by atoms with Gasteiger partial charge in [-0.05, 0) is 53.1 Å². The van der Waals surface area contributed by atoms with E-state index in [1.165, 1.54) is 6.07 Å². The van der Waals surface area contributed by atoms with E-state index in [4.69, 9.17) is 4.74 Å². The van der Waals surface area contributed by atoms with Crippen LogP contribution in [0, 0.1) is 17.1 Å². The Morgan fingerprint density at radius 2 is 2.13 bits per heavy atom. The molecule has 0 spiro atoms. The molecule has 1 saturated heterocycles. The van der Waals surface area contributed by atoms with Gasteiger partial charge in [-0.3, -0.25) is 4.68 Å². The topological polar surface area (TPSA) is 106 Å². The zero-order valence-electron chi connectivity index (χ0n) is 22.4. The maximum absolute atomic E-state index is 15.1. The van der Waals surface area contributed by atoms with Crippen LogP contribution in [0.15, 0.2) is 47.7 Å². The second kappa shape index (κ2) is 11.2. The van der Waals surface area contributed by atoms with Crippen LogP contribution in [-0.4, -0.2) is 57.1 Å². The Hall–Kier alpha value is -2.98. The summed E-state index contributed by atoms with van der Waals surface area (Å²) in [5.41, 5.74) is 1.94. The smallest absolute Gasteiger partial charge is 0.145 e. The first-order valence-electron chi connectivity index (χ1n) is 13.0. The Labute approximate surface area is 236 Å². The summed E-state index contributed by atoms with van der Waals surface area (Å²) in [6.45, 7) is 9.34. The molecule has 0 saturated carbocycles. The van der Waals surface area contributed by atoms with Crippen LogP contribution in [0.5, 0.6) is 0 Å². The van der Waals surface area contributed by atoms with Crippen LogP contribution in [0.2, 0.25) is 25.7 Å². The Bertz CT molecular complexity index is 1500. The molecule has 0 radical (unpaired) electrons. The molecule has 204 valence electrons. The van der Waals surface area contributed by atoms with Crippen LogP contribution in [0.25, 0.3) is 22.3 Å². The Balaban J connectivity index is 1.46. The minimum absolute atomic E-state index is 0.154. The zero-order chi connectivity index (χ0) is 27.6. The largest absolute Gasteiger partial charge is 0.361 e. The van der Waals surface area contributed by atoms with E-state index in [1.54, 1.807) is 23.3 Å². The standard InChI is InChI=1S/C27H32BrFN8OSi/c1-39(2,3)13-12-38-18-36-11-7-20-24(32-17-33-26(20)36)19-14-34-37(15-19)22(6-9-30)27(8-10-31-16-27)25-21(29)4-5-23(28)35-25/h4-5,7,11,14-15,17,22,31H,6,8,10,12-13,16,18H2,1-3H3/t22-,27-/m0/s1. The molecule has 39 heavy (non-hydrogen) atoms. The summed E-state index contributed by atoms with van der Waals surface area (Å²) in [6, 6.07) is 7.96. The molecular weight excluding hydrogens is 579 g/mol. The van der Waals surface area contributed by atoms with Crippen LogP contribution in [0.4, 0.5) is 4.39 Å². The number of nitrogens with one attached hydrogen (secondary N) is 1. The highest BCUT2D eigenvalue weighted by atomic mass is 79.9. The first-order chi connectivity index (χ1) is 18.7. The van der Waals surface area contributed by atoms with Gasteiger partial charge in [0, 0.05) is 44.6 Å². The lowest BCUT2D eigenvalue weighted by Crippen LogP contribution is -2.41. The molecule has 4 aromatic rings. The van der Waals surface area contributed by atoms with E-state index in [-0.39, 0.29) is 12.2 Å². The quantitative estimate of drug-likeness (QED) is 0.148. The molecule has 0 unspecified atom stereocenters. The van der Waals surface area contributed by atoms with Crippen molar-refractivity contribution in [1.29, 1.82) is 5.26 Å². The molecule has 5 heterocycles. The Kier molecular flexibility index (Phi) is 7.95. The minimum atomic E-state index is -1.16. The van der Waals surface area contributed by atoms with E-state index in [0.717, 1.165) is 34.9 Å².